The lowest BCUT2D eigenvalue weighted by Gasteiger charge is -1.48. The van der Waals surface area contributed by atoms with E-state index in [1.54, 1.807) is 0 Å². The maximum atomic E-state index is 2.12. The van der Waals surface area contributed by atoms with E-state index in [1.165, 1.54) is 6.42 Å². The zero-order valence-electron chi connectivity index (χ0n) is 3.52. The van der Waals surface area contributed by atoms with Crippen LogP contribution in [0.2, 0.25) is 0 Å². The Balaban J connectivity index is -0.0000000200. The fourth-order valence-corrected chi connectivity index (χ4v) is 0. The van der Waals surface area contributed by atoms with Crippen LogP contribution in [0.3, 0.4) is 0 Å². The fourth-order valence-electron chi connectivity index (χ4n) is 0. The summed E-state index contributed by atoms with van der Waals surface area (Å²) in [5.74, 6) is 0. The van der Waals surface area contributed by atoms with Gasteiger partial charge in [0.25, 0.3) is 0 Å². The van der Waals surface area contributed by atoms with Crippen molar-refractivity contribution in [1.29, 1.82) is 0 Å². The third-order valence-corrected chi connectivity index (χ3v) is 0. The fraction of sp³-hybridized carbons (Fsp3) is 1.00. The Bertz CT molecular complexity index is 4.85. The maximum absolute atomic E-state index is 2.12. The summed E-state index contributed by atoms with van der Waals surface area (Å²) in [6.07, 6.45) is 1.25. The summed E-state index contributed by atoms with van der Waals surface area (Å²) in [5, 5.41) is 0. The Labute approximate surface area is 67.8 Å². The van der Waals surface area contributed by atoms with E-state index in [0.29, 0.717) is 0 Å². The standard InChI is InChI=1S/C3H8.2HI/c1-3-2;;/h3H2,1-2H3;2*1H. The van der Waals surface area contributed by atoms with Crippen molar-refractivity contribution in [2.75, 3.05) is 0 Å². The SMILES string of the molecule is CCC.I.I. The summed E-state index contributed by atoms with van der Waals surface area (Å²) in [5.41, 5.74) is 0. The second-order valence-corrected chi connectivity index (χ2v) is 0.707. The summed E-state index contributed by atoms with van der Waals surface area (Å²) in [6, 6.07) is 0. The molecule has 0 aliphatic carbocycles. The molecule has 0 saturated heterocycles. The van der Waals surface area contributed by atoms with E-state index in [2.05, 4.69) is 13.8 Å². The third-order valence-electron chi connectivity index (χ3n) is 0. The first-order chi connectivity index (χ1) is 1.41. The van der Waals surface area contributed by atoms with Crippen LogP contribution >= 0.6 is 48.0 Å². The second kappa shape index (κ2) is 17.9. The van der Waals surface area contributed by atoms with E-state index in [0.717, 1.165) is 0 Å². The first-order valence-electron chi connectivity index (χ1n) is 1.41. The lowest BCUT2D eigenvalue weighted by molar-refractivity contribution is 1.09. The van der Waals surface area contributed by atoms with Crippen molar-refractivity contribution in [2.24, 2.45) is 0 Å². The molecule has 0 nitrogen and oxygen atoms in total. The molecule has 36 valence electrons. The molecule has 0 aliphatic heterocycles. The Hall–Kier alpha value is 1.46. The highest BCUT2D eigenvalue weighted by molar-refractivity contribution is 14.0. The summed E-state index contributed by atoms with van der Waals surface area (Å²) in [7, 11) is 0. The van der Waals surface area contributed by atoms with Gasteiger partial charge in [-0.3, -0.25) is 0 Å². The molecule has 0 fully saturated rings. The van der Waals surface area contributed by atoms with Gasteiger partial charge in [0, 0.05) is 0 Å². The Morgan fingerprint density at radius 2 is 1.00 bits per heavy atom. The van der Waals surface area contributed by atoms with Gasteiger partial charge >= 0.3 is 0 Å². The van der Waals surface area contributed by atoms with Gasteiger partial charge in [-0.05, 0) is 0 Å². The van der Waals surface area contributed by atoms with Crippen LogP contribution in [0.15, 0.2) is 0 Å². The van der Waals surface area contributed by atoms with Crippen LogP contribution in [0.25, 0.3) is 0 Å². The van der Waals surface area contributed by atoms with Crippen LogP contribution in [-0.2, 0) is 0 Å². The highest BCUT2D eigenvalue weighted by Crippen LogP contribution is 1.56. The molecule has 0 amide bonds. The highest BCUT2D eigenvalue weighted by Gasteiger charge is 1.35. The molecule has 2 heteroatoms. The zero-order valence-corrected chi connectivity index (χ0v) is 8.18. The predicted molar refractivity (Wildman–Crippen MR) is 46.8 cm³/mol. The number of rotatable bonds is 0. The highest BCUT2D eigenvalue weighted by atomic mass is 127. The minimum Gasteiger partial charge on any atom is -0.107 e. The maximum Gasteiger partial charge on any atom is -0.0590 e. The van der Waals surface area contributed by atoms with Crippen LogP contribution in [0.4, 0.5) is 0 Å². The summed E-state index contributed by atoms with van der Waals surface area (Å²) >= 11 is 0. The largest absolute Gasteiger partial charge is 0.107 e. The Morgan fingerprint density at radius 3 is 1.00 bits per heavy atom. The third kappa shape index (κ3) is 30.7. The average Bonchev–Trinajstić information content (AvgIpc) is 0.918. The number of hydrogen-bond donors (Lipinski definition) is 0. The van der Waals surface area contributed by atoms with Crippen LogP contribution < -0.4 is 0 Å². The first kappa shape index (κ1) is 16.1. The summed E-state index contributed by atoms with van der Waals surface area (Å²) in [6.45, 7) is 4.25. The molecular weight excluding hydrogens is 290 g/mol. The molecule has 0 saturated carbocycles. The van der Waals surface area contributed by atoms with Gasteiger partial charge in [0.15, 0.2) is 0 Å². The average molecular weight is 300 g/mol. The molecule has 5 heavy (non-hydrogen) atoms. The molecule has 0 heterocycles. The van der Waals surface area contributed by atoms with E-state index in [4.69, 9.17) is 0 Å². The quantitative estimate of drug-likeness (QED) is 0.603. The molecule has 0 N–H and O–H groups in total. The molecular formula is C3H10I2. The van der Waals surface area contributed by atoms with Gasteiger partial charge < -0.3 is 0 Å². The van der Waals surface area contributed by atoms with Crippen LogP contribution in [0.5, 0.6) is 0 Å². The van der Waals surface area contributed by atoms with Crippen molar-refractivity contribution >= 4 is 48.0 Å². The van der Waals surface area contributed by atoms with E-state index < -0.39 is 0 Å². The van der Waals surface area contributed by atoms with Crippen LogP contribution in [0.1, 0.15) is 20.3 Å². The molecule has 0 bridgehead atoms. The summed E-state index contributed by atoms with van der Waals surface area (Å²) < 4.78 is 0. The number of halogens is 2. The molecule has 0 aromatic heterocycles. The first-order valence-corrected chi connectivity index (χ1v) is 1.41. The molecule has 0 spiro atoms. The van der Waals surface area contributed by atoms with E-state index in [-0.39, 0.29) is 48.0 Å². The molecule has 0 aromatic carbocycles. The lowest BCUT2D eigenvalue weighted by atomic mass is 10.6. The minimum atomic E-state index is 0. The normalized spacial score (nSPS) is 3.60. The topological polar surface area (TPSA) is 0 Å². The van der Waals surface area contributed by atoms with Gasteiger partial charge in [-0.25, -0.2) is 0 Å². The van der Waals surface area contributed by atoms with Crippen LogP contribution in [0, 0.1) is 0 Å². The van der Waals surface area contributed by atoms with E-state index in [1.807, 2.05) is 0 Å². The van der Waals surface area contributed by atoms with Crippen LogP contribution in [-0.4, -0.2) is 0 Å². The summed E-state index contributed by atoms with van der Waals surface area (Å²) in [4.78, 5) is 0. The molecule has 0 atom stereocenters. The van der Waals surface area contributed by atoms with Crippen molar-refractivity contribution in [3.63, 3.8) is 0 Å². The van der Waals surface area contributed by atoms with Gasteiger partial charge in [-0.15, -0.1) is 48.0 Å². The van der Waals surface area contributed by atoms with Crippen molar-refractivity contribution in [1.82, 2.24) is 0 Å². The van der Waals surface area contributed by atoms with Crippen molar-refractivity contribution in [2.45, 2.75) is 20.3 Å². The number of hydrogen-bond acceptors (Lipinski definition) is 0. The predicted octanol–water partition coefficient (Wildman–Crippen LogP) is 2.65. The Kier molecular flexibility index (Phi) is 57.7. The van der Waals surface area contributed by atoms with Crippen molar-refractivity contribution in [3.05, 3.63) is 0 Å². The van der Waals surface area contributed by atoms with Gasteiger partial charge in [0.05, 0.1) is 0 Å². The molecule has 0 aromatic rings. The smallest absolute Gasteiger partial charge is 0.0590 e. The zero-order chi connectivity index (χ0) is 2.71. The molecule has 0 rings (SSSR count). The van der Waals surface area contributed by atoms with Crippen molar-refractivity contribution in [3.8, 4) is 0 Å². The van der Waals surface area contributed by atoms with Gasteiger partial charge in [-0.2, -0.15) is 0 Å². The van der Waals surface area contributed by atoms with Gasteiger partial charge in [-0.1, -0.05) is 20.3 Å². The molecule has 0 unspecified atom stereocenters. The monoisotopic (exact) mass is 300 g/mol. The van der Waals surface area contributed by atoms with E-state index >= 15 is 0 Å². The van der Waals surface area contributed by atoms with Crippen molar-refractivity contribution < 1.29 is 0 Å². The lowest BCUT2D eigenvalue weighted by Crippen LogP contribution is -1.27. The Morgan fingerprint density at radius 1 is 1.00 bits per heavy atom. The molecule has 0 aliphatic rings. The van der Waals surface area contributed by atoms with E-state index in [9.17, 15) is 0 Å². The minimum absolute atomic E-state index is 0. The van der Waals surface area contributed by atoms with Gasteiger partial charge in [0.1, 0.15) is 0 Å². The second-order valence-electron chi connectivity index (χ2n) is 0.707. The van der Waals surface area contributed by atoms with Gasteiger partial charge in [0.2, 0.25) is 0 Å². The molecule has 0 radical (unpaired) electrons.